The van der Waals surface area contributed by atoms with Crippen LogP contribution in [0.25, 0.3) is 5.65 Å². The molecule has 0 aliphatic carbocycles. The van der Waals surface area contributed by atoms with Gasteiger partial charge in [0.15, 0.2) is 0 Å². The lowest BCUT2D eigenvalue weighted by molar-refractivity contribution is -0.113. The fraction of sp³-hybridized carbons (Fsp3) is 0.250. The first kappa shape index (κ1) is 18.2. The number of thioether (sulfide) groups is 1. The number of aromatic nitrogens is 2. The van der Waals surface area contributed by atoms with Crippen molar-refractivity contribution in [1.29, 1.82) is 0 Å². The number of carbonyl (C=O) groups is 1. The lowest BCUT2D eigenvalue weighted by Crippen LogP contribution is -2.17. The summed E-state index contributed by atoms with van der Waals surface area (Å²) in [5.41, 5.74) is 5.17. The number of rotatable bonds is 5. The third kappa shape index (κ3) is 4.14. The van der Waals surface area contributed by atoms with Gasteiger partial charge in [-0.3, -0.25) is 14.0 Å². The number of nitrogens with zero attached hydrogens (tertiary/aromatic N) is 2. The average molecular weight is 367 g/mol. The van der Waals surface area contributed by atoms with E-state index >= 15 is 0 Å². The van der Waals surface area contributed by atoms with Crippen LogP contribution in [0.3, 0.4) is 0 Å². The number of carbonyl (C=O) groups excluding carboxylic acids is 1. The summed E-state index contributed by atoms with van der Waals surface area (Å²) >= 11 is 1.44. The van der Waals surface area contributed by atoms with Crippen molar-refractivity contribution < 1.29 is 4.79 Å². The number of benzene rings is 1. The van der Waals surface area contributed by atoms with Crippen molar-refractivity contribution in [2.24, 2.45) is 0 Å². The first-order valence-electron chi connectivity index (χ1n) is 8.37. The molecule has 0 saturated heterocycles. The maximum absolute atomic E-state index is 12.2. The molecule has 1 N–H and O–H groups in total. The lowest BCUT2D eigenvalue weighted by atomic mass is 10.1. The van der Waals surface area contributed by atoms with Gasteiger partial charge in [-0.25, -0.2) is 4.98 Å². The number of nitrogens with one attached hydrogen (secondary N) is 1. The van der Waals surface area contributed by atoms with Crippen molar-refractivity contribution in [2.75, 3.05) is 11.1 Å². The van der Waals surface area contributed by atoms with Crippen LogP contribution >= 0.6 is 11.8 Å². The quantitative estimate of drug-likeness (QED) is 0.750. The number of hydrogen-bond donors (Lipinski definition) is 1. The standard InChI is InChI=1S/C20H21N3O2S/c1-13-7-8-17-21-16(9-19(25)23(17)10-13)11-26-12-18(24)22-20-14(2)5-4-6-15(20)3/h4-10H,11-12H2,1-3H3,(H,22,24). The third-order valence-corrected chi connectivity index (χ3v) is 5.06. The van der Waals surface area contributed by atoms with Crippen LogP contribution < -0.4 is 10.9 Å². The van der Waals surface area contributed by atoms with Gasteiger partial charge in [0.25, 0.3) is 5.56 Å². The van der Waals surface area contributed by atoms with E-state index in [1.54, 1.807) is 6.20 Å². The molecule has 2 heterocycles. The van der Waals surface area contributed by atoms with Crippen LogP contribution in [-0.2, 0) is 10.5 Å². The lowest BCUT2D eigenvalue weighted by Gasteiger charge is -2.11. The van der Waals surface area contributed by atoms with Crippen LogP contribution in [0.5, 0.6) is 0 Å². The highest BCUT2D eigenvalue weighted by Gasteiger charge is 2.08. The molecule has 6 heteroatoms. The first-order chi connectivity index (χ1) is 12.4. The summed E-state index contributed by atoms with van der Waals surface area (Å²) in [6.45, 7) is 5.89. The number of aryl methyl sites for hydroxylation is 3. The molecule has 0 fully saturated rings. The summed E-state index contributed by atoms with van der Waals surface area (Å²) in [4.78, 5) is 28.9. The molecule has 0 saturated carbocycles. The van der Waals surface area contributed by atoms with E-state index in [1.165, 1.54) is 22.2 Å². The highest BCUT2D eigenvalue weighted by atomic mass is 32.2. The van der Waals surface area contributed by atoms with Gasteiger partial charge in [0.1, 0.15) is 5.65 Å². The first-order valence-corrected chi connectivity index (χ1v) is 9.52. The van der Waals surface area contributed by atoms with Crippen LogP contribution in [0.15, 0.2) is 47.4 Å². The Bertz CT molecular complexity index is 1010. The van der Waals surface area contributed by atoms with Gasteiger partial charge in [-0.05, 0) is 43.5 Å². The van der Waals surface area contributed by atoms with Crippen molar-refractivity contribution in [3.8, 4) is 0 Å². The van der Waals surface area contributed by atoms with E-state index in [9.17, 15) is 9.59 Å². The normalized spacial score (nSPS) is 10.9. The highest BCUT2D eigenvalue weighted by Crippen LogP contribution is 2.20. The van der Waals surface area contributed by atoms with Crippen molar-refractivity contribution in [3.63, 3.8) is 0 Å². The molecule has 1 amide bonds. The van der Waals surface area contributed by atoms with Crippen LogP contribution in [-0.4, -0.2) is 21.0 Å². The zero-order valence-corrected chi connectivity index (χ0v) is 15.9. The Morgan fingerprint density at radius 2 is 1.88 bits per heavy atom. The highest BCUT2D eigenvalue weighted by molar-refractivity contribution is 7.99. The van der Waals surface area contributed by atoms with Gasteiger partial charge < -0.3 is 5.32 Å². The number of para-hydroxylation sites is 1. The Kier molecular flexibility index (Phi) is 5.42. The van der Waals surface area contributed by atoms with Crippen molar-refractivity contribution >= 4 is 29.0 Å². The molecule has 0 atom stereocenters. The van der Waals surface area contributed by atoms with Gasteiger partial charge in [-0.15, -0.1) is 11.8 Å². The molecular formula is C20H21N3O2S. The number of pyridine rings is 1. The van der Waals surface area contributed by atoms with E-state index in [0.717, 1.165) is 22.4 Å². The smallest absolute Gasteiger partial charge is 0.258 e. The van der Waals surface area contributed by atoms with Crippen LogP contribution in [0.4, 0.5) is 5.69 Å². The van der Waals surface area contributed by atoms with Crippen LogP contribution in [0.2, 0.25) is 0 Å². The Morgan fingerprint density at radius 3 is 2.62 bits per heavy atom. The number of fused-ring (bicyclic) bond motifs is 1. The summed E-state index contributed by atoms with van der Waals surface area (Å²) < 4.78 is 1.54. The summed E-state index contributed by atoms with van der Waals surface area (Å²) in [6, 6.07) is 11.2. The Morgan fingerprint density at radius 1 is 1.15 bits per heavy atom. The van der Waals surface area contributed by atoms with E-state index in [0.29, 0.717) is 22.8 Å². The van der Waals surface area contributed by atoms with E-state index in [2.05, 4.69) is 10.3 Å². The van der Waals surface area contributed by atoms with E-state index in [4.69, 9.17) is 0 Å². The second kappa shape index (κ2) is 7.74. The minimum Gasteiger partial charge on any atom is -0.325 e. The molecule has 26 heavy (non-hydrogen) atoms. The molecule has 134 valence electrons. The molecule has 0 bridgehead atoms. The molecule has 0 aliphatic rings. The minimum absolute atomic E-state index is 0.0551. The zero-order chi connectivity index (χ0) is 18.7. The zero-order valence-electron chi connectivity index (χ0n) is 15.1. The predicted octanol–water partition coefficient (Wildman–Crippen LogP) is 3.49. The van der Waals surface area contributed by atoms with Gasteiger partial charge in [0.05, 0.1) is 11.4 Å². The SMILES string of the molecule is Cc1ccc2nc(CSCC(=O)Nc3c(C)cccc3C)cc(=O)n2c1. The van der Waals surface area contributed by atoms with Crippen LogP contribution in [0, 0.1) is 20.8 Å². The number of anilines is 1. The average Bonchev–Trinajstić information content (AvgIpc) is 2.59. The fourth-order valence-corrected chi connectivity index (χ4v) is 3.48. The van der Waals surface area contributed by atoms with E-state index < -0.39 is 0 Å². The minimum atomic E-state index is -0.103. The van der Waals surface area contributed by atoms with Crippen LogP contribution in [0.1, 0.15) is 22.4 Å². The van der Waals surface area contributed by atoms with E-state index in [-0.39, 0.29) is 11.5 Å². The summed E-state index contributed by atoms with van der Waals surface area (Å²) in [6.07, 6.45) is 1.78. The second-order valence-electron chi connectivity index (χ2n) is 6.33. The third-order valence-electron chi connectivity index (χ3n) is 4.09. The molecular weight excluding hydrogens is 346 g/mol. The van der Waals surface area contributed by atoms with Gasteiger partial charge in [0.2, 0.25) is 5.91 Å². The summed E-state index contributed by atoms with van der Waals surface area (Å²) in [5, 5.41) is 2.97. The van der Waals surface area contributed by atoms with Gasteiger partial charge in [-0.2, -0.15) is 0 Å². The summed E-state index contributed by atoms with van der Waals surface area (Å²) in [7, 11) is 0. The van der Waals surface area contributed by atoms with Gasteiger partial charge in [-0.1, -0.05) is 24.3 Å². The van der Waals surface area contributed by atoms with Crippen molar-refractivity contribution in [1.82, 2.24) is 9.38 Å². The Labute approximate surface area is 156 Å². The molecule has 0 aliphatic heterocycles. The maximum Gasteiger partial charge on any atom is 0.258 e. The molecule has 0 radical (unpaired) electrons. The van der Waals surface area contributed by atoms with E-state index in [1.807, 2.05) is 51.1 Å². The Hall–Kier alpha value is -2.60. The molecule has 0 unspecified atom stereocenters. The topological polar surface area (TPSA) is 63.5 Å². The second-order valence-corrected chi connectivity index (χ2v) is 7.31. The molecule has 3 aromatic rings. The van der Waals surface area contributed by atoms with Gasteiger partial charge >= 0.3 is 0 Å². The molecule has 5 nitrogen and oxygen atoms in total. The predicted molar refractivity (Wildman–Crippen MR) is 107 cm³/mol. The number of amides is 1. The molecule has 0 spiro atoms. The monoisotopic (exact) mass is 367 g/mol. The molecule has 1 aromatic carbocycles. The molecule has 3 rings (SSSR count). The maximum atomic E-state index is 12.2. The number of hydrogen-bond acceptors (Lipinski definition) is 4. The Balaban J connectivity index is 1.63. The fourth-order valence-electron chi connectivity index (χ4n) is 2.77. The molecule has 2 aromatic heterocycles. The van der Waals surface area contributed by atoms with Gasteiger partial charge in [0, 0.05) is 23.7 Å². The summed E-state index contributed by atoms with van der Waals surface area (Å²) in [5.74, 6) is 0.767. The van der Waals surface area contributed by atoms with Crippen molar-refractivity contribution in [3.05, 3.63) is 75.3 Å². The largest absolute Gasteiger partial charge is 0.325 e. The van der Waals surface area contributed by atoms with Crippen molar-refractivity contribution in [2.45, 2.75) is 26.5 Å².